The number of carbonyl (C=O) groups excluding carboxylic acids is 1. The third kappa shape index (κ3) is 6.39. The van der Waals surface area contributed by atoms with Crippen molar-refractivity contribution in [3.63, 3.8) is 0 Å². The van der Waals surface area contributed by atoms with E-state index in [1.54, 1.807) is 36.4 Å². The van der Waals surface area contributed by atoms with Crippen LogP contribution < -0.4 is 10.0 Å². The minimum absolute atomic E-state index is 0.0408. The summed E-state index contributed by atoms with van der Waals surface area (Å²) < 4.78 is 28.7. The van der Waals surface area contributed by atoms with Crippen LogP contribution in [0.3, 0.4) is 0 Å². The Labute approximate surface area is 213 Å². The van der Waals surface area contributed by atoms with Crippen molar-refractivity contribution in [2.45, 2.75) is 24.3 Å². The second-order valence-electron chi connectivity index (χ2n) is 8.27. The Morgan fingerprint density at radius 2 is 1.56 bits per heavy atom. The van der Waals surface area contributed by atoms with Crippen LogP contribution in [0.4, 0.5) is 11.4 Å². The molecule has 1 fully saturated rings. The number of hydrogen-bond acceptors (Lipinski definition) is 4. The minimum Gasteiger partial charge on any atom is -0.326 e. The van der Waals surface area contributed by atoms with E-state index < -0.39 is 10.0 Å². The molecule has 1 saturated heterocycles. The van der Waals surface area contributed by atoms with E-state index in [-0.39, 0.29) is 16.7 Å². The highest BCUT2D eigenvalue weighted by Gasteiger charge is 2.25. The Kier molecular flexibility index (Phi) is 7.93. The molecule has 0 unspecified atom stereocenters. The van der Waals surface area contributed by atoms with E-state index in [4.69, 9.17) is 11.6 Å². The summed E-state index contributed by atoms with van der Waals surface area (Å²) in [7, 11) is -3.72. The molecule has 4 rings (SSSR count). The maximum atomic E-state index is 12.8. The predicted octanol–water partition coefficient (Wildman–Crippen LogP) is 5.75. The Balaban J connectivity index is 1.30. The van der Waals surface area contributed by atoms with Crippen LogP contribution in [-0.2, 0) is 21.4 Å². The van der Waals surface area contributed by atoms with Gasteiger partial charge in [0.15, 0.2) is 0 Å². The molecule has 2 N–H and O–H groups in total. The van der Waals surface area contributed by atoms with E-state index in [1.165, 1.54) is 12.1 Å². The predicted molar refractivity (Wildman–Crippen MR) is 139 cm³/mol. The van der Waals surface area contributed by atoms with E-state index in [1.807, 2.05) is 24.3 Å². The summed E-state index contributed by atoms with van der Waals surface area (Å²) in [6, 6.07) is 20.9. The van der Waals surface area contributed by atoms with Gasteiger partial charge >= 0.3 is 0 Å². The van der Waals surface area contributed by atoms with Gasteiger partial charge in [-0.1, -0.05) is 45.7 Å². The molecule has 1 aliphatic heterocycles. The number of hydrogen-bond donors (Lipinski definition) is 2. The van der Waals surface area contributed by atoms with Crippen LogP contribution in [0, 0.1) is 5.92 Å². The maximum Gasteiger partial charge on any atom is 0.261 e. The summed E-state index contributed by atoms with van der Waals surface area (Å²) in [6.07, 6.45) is 1.53. The van der Waals surface area contributed by atoms with Crippen molar-refractivity contribution in [3.05, 3.63) is 87.9 Å². The van der Waals surface area contributed by atoms with Crippen LogP contribution in [0.5, 0.6) is 0 Å². The van der Waals surface area contributed by atoms with Gasteiger partial charge in [0, 0.05) is 33.3 Å². The standard InChI is InChI=1S/C25H25BrClN3O3S/c26-20-5-7-22(8-6-20)29-34(32,33)23-11-9-21(10-12-23)28-25(31)18-13-15-30(16-14-18)17-19-3-1-2-4-24(19)27/h1-12,18,29H,13-17H2,(H,28,31). The molecule has 0 aromatic heterocycles. The van der Waals surface area contributed by atoms with Crippen molar-refractivity contribution in [1.82, 2.24) is 4.90 Å². The SMILES string of the molecule is O=C(Nc1ccc(S(=O)(=O)Nc2ccc(Br)cc2)cc1)C1CCN(Cc2ccccc2Cl)CC1. The van der Waals surface area contributed by atoms with Gasteiger partial charge in [-0.3, -0.25) is 14.4 Å². The number of carbonyl (C=O) groups is 1. The first-order chi connectivity index (χ1) is 16.3. The fourth-order valence-electron chi connectivity index (χ4n) is 3.91. The molecule has 0 radical (unpaired) electrons. The highest BCUT2D eigenvalue weighted by atomic mass is 79.9. The monoisotopic (exact) mass is 561 g/mol. The summed E-state index contributed by atoms with van der Waals surface area (Å²) in [6.45, 7) is 2.42. The van der Waals surface area contributed by atoms with Gasteiger partial charge in [0.2, 0.25) is 5.91 Å². The van der Waals surface area contributed by atoms with Crippen molar-refractivity contribution < 1.29 is 13.2 Å². The van der Waals surface area contributed by atoms with Crippen molar-refractivity contribution in [2.24, 2.45) is 5.92 Å². The number of benzene rings is 3. The van der Waals surface area contributed by atoms with E-state index in [0.29, 0.717) is 11.4 Å². The highest BCUT2D eigenvalue weighted by molar-refractivity contribution is 9.10. The molecule has 0 saturated carbocycles. The number of rotatable bonds is 7. The average molecular weight is 563 g/mol. The Hall–Kier alpha value is -2.39. The van der Waals surface area contributed by atoms with Gasteiger partial charge in [-0.15, -0.1) is 0 Å². The lowest BCUT2D eigenvalue weighted by atomic mass is 9.95. The fourth-order valence-corrected chi connectivity index (χ4v) is 5.43. The first-order valence-corrected chi connectivity index (χ1v) is 13.6. The van der Waals surface area contributed by atoms with Crippen LogP contribution in [0.2, 0.25) is 5.02 Å². The first kappa shape index (κ1) is 24.7. The molecule has 3 aromatic rings. The molecule has 0 bridgehead atoms. The van der Waals surface area contributed by atoms with Gasteiger partial charge in [0.05, 0.1) is 4.90 Å². The van der Waals surface area contributed by atoms with Crippen molar-refractivity contribution in [2.75, 3.05) is 23.1 Å². The average Bonchev–Trinajstić information content (AvgIpc) is 2.83. The quantitative estimate of drug-likeness (QED) is 0.384. The molecule has 178 valence electrons. The molecule has 3 aromatic carbocycles. The second kappa shape index (κ2) is 10.9. The number of anilines is 2. The topological polar surface area (TPSA) is 78.5 Å². The molecule has 1 amide bonds. The van der Waals surface area contributed by atoms with Gasteiger partial charge in [-0.25, -0.2) is 8.42 Å². The molecule has 34 heavy (non-hydrogen) atoms. The third-order valence-electron chi connectivity index (χ3n) is 5.84. The van der Waals surface area contributed by atoms with Gasteiger partial charge in [-0.2, -0.15) is 0 Å². The molecular formula is C25H25BrClN3O3S. The van der Waals surface area contributed by atoms with Gasteiger partial charge in [0.25, 0.3) is 10.0 Å². The molecule has 9 heteroatoms. The lowest BCUT2D eigenvalue weighted by Gasteiger charge is -2.31. The summed E-state index contributed by atoms with van der Waals surface area (Å²) in [4.78, 5) is 15.2. The van der Waals surface area contributed by atoms with Gasteiger partial charge in [-0.05, 0) is 86.1 Å². The van der Waals surface area contributed by atoms with E-state index in [2.05, 4.69) is 30.9 Å². The Morgan fingerprint density at radius 1 is 0.941 bits per heavy atom. The number of sulfonamides is 1. The number of nitrogens with one attached hydrogen (secondary N) is 2. The molecule has 0 atom stereocenters. The zero-order valence-corrected chi connectivity index (χ0v) is 21.5. The minimum atomic E-state index is -3.72. The molecule has 0 spiro atoms. The largest absolute Gasteiger partial charge is 0.326 e. The smallest absolute Gasteiger partial charge is 0.261 e. The van der Waals surface area contributed by atoms with Gasteiger partial charge < -0.3 is 5.32 Å². The van der Waals surface area contributed by atoms with Crippen LogP contribution in [0.25, 0.3) is 0 Å². The number of piperidine rings is 1. The summed E-state index contributed by atoms with van der Waals surface area (Å²) in [5.74, 6) is -0.119. The Morgan fingerprint density at radius 3 is 2.21 bits per heavy atom. The van der Waals surface area contributed by atoms with E-state index >= 15 is 0 Å². The van der Waals surface area contributed by atoms with Crippen LogP contribution >= 0.6 is 27.5 Å². The Bertz CT molecular complexity index is 1240. The van der Waals surface area contributed by atoms with Crippen LogP contribution in [0.15, 0.2) is 82.2 Å². The summed E-state index contributed by atoms with van der Waals surface area (Å²) in [5, 5.41) is 3.68. The summed E-state index contributed by atoms with van der Waals surface area (Å²) >= 11 is 9.59. The van der Waals surface area contributed by atoms with Gasteiger partial charge in [0.1, 0.15) is 0 Å². The molecular weight excluding hydrogens is 538 g/mol. The molecule has 6 nitrogen and oxygen atoms in total. The van der Waals surface area contributed by atoms with Crippen LogP contribution in [-0.4, -0.2) is 32.3 Å². The third-order valence-corrected chi connectivity index (χ3v) is 8.13. The number of likely N-dealkylation sites (tertiary alicyclic amines) is 1. The second-order valence-corrected chi connectivity index (χ2v) is 11.3. The molecule has 1 aliphatic rings. The maximum absolute atomic E-state index is 12.8. The first-order valence-electron chi connectivity index (χ1n) is 11.0. The van der Waals surface area contributed by atoms with Crippen molar-refractivity contribution >= 4 is 54.8 Å². The van der Waals surface area contributed by atoms with E-state index in [0.717, 1.165) is 47.5 Å². The summed E-state index contributed by atoms with van der Waals surface area (Å²) in [5.41, 5.74) is 2.14. The van der Waals surface area contributed by atoms with E-state index in [9.17, 15) is 13.2 Å². The highest BCUT2D eigenvalue weighted by Crippen LogP contribution is 2.24. The normalized spacial score (nSPS) is 15.1. The van der Waals surface area contributed by atoms with Crippen molar-refractivity contribution in [3.8, 4) is 0 Å². The number of nitrogens with zero attached hydrogens (tertiary/aromatic N) is 1. The molecule has 0 aliphatic carbocycles. The van der Waals surface area contributed by atoms with Crippen LogP contribution in [0.1, 0.15) is 18.4 Å². The number of halogens is 2. The number of amides is 1. The fraction of sp³-hybridized carbons (Fsp3) is 0.240. The lowest BCUT2D eigenvalue weighted by molar-refractivity contribution is -0.121. The van der Waals surface area contributed by atoms with Crippen molar-refractivity contribution in [1.29, 1.82) is 0 Å². The zero-order valence-electron chi connectivity index (χ0n) is 18.4. The zero-order chi connectivity index (χ0) is 24.1. The lowest BCUT2D eigenvalue weighted by Crippen LogP contribution is -2.37. The molecule has 1 heterocycles.